The minimum Gasteiger partial charge on any atom is -0.368 e. The van der Waals surface area contributed by atoms with Gasteiger partial charge in [0.15, 0.2) is 0 Å². The van der Waals surface area contributed by atoms with Gasteiger partial charge in [-0.25, -0.2) is 8.42 Å². The van der Waals surface area contributed by atoms with E-state index < -0.39 is 16.1 Å². The topological polar surface area (TPSA) is 98.8 Å². The summed E-state index contributed by atoms with van der Waals surface area (Å²) in [6.07, 6.45) is 1.04. The number of fused-ring (bicyclic) bond motifs is 1. The third-order valence-corrected chi connectivity index (χ3v) is 8.34. The Bertz CT molecular complexity index is 1370. The van der Waals surface area contributed by atoms with Crippen molar-refractivity contribution in [1.29, 1.82) is 0 Å². The fourth-order valence-electron chi connectivity index (χ4n) is 4.86. The fourth-order valence-corrected chi connectivity index (χ4v) is 6.10. The van der Waals surface area contributed by atoms with E-state index in [0.29, 0.717) is 44.7 Å². The van der Waals surface area contributed by atoms with Gasteiger partial charge in [0, 0.05) is 44.0 Å². The molecule has 1 unspecified atom stereocenters. The van der Waals surface area contributed by atoms with Crippen LogP contribution in [0.1, 0.15) is 17.5 Å². The van der Waals surface area contributed by atoms with E-state index in [-0.39, 0.29) is 23.1 Å². The van der Waals surface area contributed by atoms with Crippen LogP contribution >= 0.6 is 0 Å². The van der Waals surface area contributed by atoms with E-state index in [1.807, 2.05) is 60.7 Å². The van der Waals surface area contributed by atoms with Gasteiger partial charge in [0.2, 0.25) is 21.8 Å². The van der Waals surface area contributed by atoms with Gasteiger partial charge in [-0.05, 0) is 54.3 Å². The van der Waals surface area contributed by atoms with Crippen LogP contribution in [0.3, 0.4) is 0 Å². The van der Waals surface area contributed by atoms with Gasteiger partial charge in [-0.1, -0.05) is 48.5 Å². The van der Waals surface area contributed by atoms with Crippen LogP contribution in [-0.2, 0) is 32.5 Å². The van der Waals surface area contributed by atoms with Crippen LogP contribution in [0.25, 0.3) is 0 Å². The number of rotatable bonds is 7. The molecule has 8 nitrogen and oxygen atoms in total. The van der Waals surface area contributed by atoms with Gasteiger partial charge in [-0.2, -0.15) is 4.72 Å². The molecule has 5 rings (SSSR count). The Morgan fingerprint density at radius 3 is 2.27 bits per heavy atom. The van der Waals surface area contributed by atoms with E-state index >= 15 is 0 Å². The summed E-state index contributed by atoms with van der Waals surface area (Å²) in [6.45, 7) is 2.38. The summed E-state index contributed by atoms with van der Waals surface area (Å²) in [5.74, 6) is -0.313. The van der Waals surface area contributed by atoms with Crippen molar-refractivity contribution in [3.63, 3.8) is 0 Å². The Labute approximate surface area is 217 Å². The predicted octanol–water partition coefficient (Wildman–Crippen LogP) is 2.81. The SMILES string of the molecule is O=C1CCc2cc(S(=O)(=O)NC(Cc3ccccc3)C(=O)N3CCN(c4ccccc4)CC3)ccc2N1. The lowest BCUT2D eigenvalue weighted by Crippen LogP contribution is -2.55. The van der Waals surface area contributed by atoms with Crippen LogP contribution in [0.2, 0.25) is 0 Å². The standard InChI is InChI=1S/C28H30N4O4S/c33-27-14-11-22-20-24(12-13-25(22)29-27)37(35,36)30-26(19-21-7-3-1-4-8-21)28(34)32-17-15-31(16-18-32)23-9-5-2-6-10-23/h1-10,12-13,20,26,30H,11,14-19H2,(H,29,33). The zero-order valence-corrected chi connectivity index (χ0v) is 21.3. The zero-order valence-electron chi connectivity index (χ0n) is 20.5. The number of nitrogens with zero attached hydrogens (tertiary/aromatic N) is 2. The third-order valence-electron chi connectivity index (χ3n) is 6.87. The van der Waals surface area contributed by atoms with Crippen molar-refractivity contribution in [1.82, 2.24) is 9.62 Å². The van der Waals surface area contributed by atoms with Crippen molar-refractivity contribution in [2.45, 2.75) is 30.2 Å². The molecule has 0 radical (unpaired) electrons. The van der Waals surface area contributed by atoms with Crippen LogP contribution in [0, 0.1) is 0 Å². The van der Waals surface area contributed by atoms with Gasteiger partial charge in [0.05, 0.1) is 4.90 Å². The molecular formula is C28H30N4O4S. The summed E-state index contributed by atoms with van der Waals surface area (Å²) in [5, 5.41) is 2.77. The summed E-state index contributed by atoms with van der Waals surface area (Å²) in [7, 11) is -3.98. The largest absolute Gasteiger partial charge is 0.368 e. The summed E-state index contributed by atoms with van der Waals surface area (Å²) in [4.78, 5) is 29.4. The summed E-state index contributed by atoms with van der Waals surface area (Å²) in [5.41, 5.74) is 3.38. The molecule has 1 saturated heterocycles. The number of hydrogen-bond donors (Lipinski definition) is 2. The molecule has 2 amide bonds. The molecule has 192 valence electrons. The highest BCUT2D eigenvalue weighted by molar-refractivity contribution is 7.89. The Morgan fingerprint density at radius 1 is 0.892 bits per heavy atom. The summed E-state index contributed by atoms with van der Waals surface area (Å²) in [6, 6.07) is 23.2. The molecule has 3 aromatic rings. The second-order valence-electron chi connectivity index (χ2n) is 9.38. The third kappa shape index (κ3) is 5.84. The first kappa shape index (κ1) is 25.0. The Morgan fingerprint density at radius 2 is 1.57 bits per heavy atom. The number of para-hydroxylation sites is 1. The number of sulfonamides is 1. The second kappa shape index (κ2) is 10.7. The highest BCUT2D eigenvalue weighted by Gasteiger charge is 2.32. The molecule has 37 heavy (non-hydrogen) atoms. The molecule has 0 spiro atoms. The second-order valence-corrected chi connectivity index (χ2v) is 11.1. The van der Waals surface area contributed by atoms with E-state index in [4.69, 9.17) is 0 Å². The zero-order chi connectivity index (χ0) is 25.8. The average Bonchev–Trinajstić information content (AvgIpc) is 2.93. The van der Waals surface area contributed by atoms with Gasteiger partial charge < -0.3 is 15.1 Å². The van der Waals surface area contributed by atoms with Gasteiger partial charge in [-0.15, -0.1) is 0 Å². The number of carbonyl (C=O) groups excluding carboxylic acids is 2. The Kier molecular flexibility index (Phi) is 7.25. The highest BCUT2D eigenvalue weighted by Crippen LogP contribution is 2.26. The van der Waals surface area contributed by atoms with E-state index in [0.717, 1.165) is 16.8 Å². The van der Waals surface area contributed by atoms with Crippen molar-refractivity contribution in [2.24, 2.45) is 0 Å². The van der Waals surface area contributed by atoms with Crippen LogP contribution in [-0.4, -0.2) is 57.4 Å². The minimum atomic E-state index is -3.98. The molecule has 9 heteroatoms. The fraction of sp³-hybridized carbons (Fsp3) is 0.286. The van der Waals surface area contributed by atoms with Crippen LogP contribution < -0.4 is 14.9 Å². The lowest BCUT2D eigenvalue weighted by molar-refractivity contribution is -0.133. The first-order valence-electron chi connectivity index (χ1n) is 12.5. The van der Waals surface area contributed by atoms with Gasteiger partial charge >= 0.3 is 0 Å². The van der Waals surface area contributed by atoms with Crippen molar-refractivity contribution < 1.29 is 18.0 Å². The van der Waals surface area contributed by atoms with Crippen LogP contribution in [0.5, 0.6) is 0 Å². The van der Waals surface area contributed by atoms with Gasteiger partial charge in [-0.3, -0.25) is 9.59 Å². The first-order valence-corrected chi connectivity index (χ1v) is 14.0. The normalized spacial score (nSPS) is 16.6. The molecule has 3 aromatic carbocycles. The van der Waals surface area contributed by atoms with Crippen molar-refractivity contribution >= 4 is 33.2 Å². The molecule has 0 aromatic heterocycles. The summed E-state index contributed by atoms with van der Waals surface area (Å²) < 4.78 is 29.6. The number of hydrogen-bond acceptors (Lipinski definition) is 5. The molecule has 0 saturated carbocycles. The average molecular weight is 519 g/mol. The number of piperazine rings is 1. The van der Waals surface area contributed by atoms with Crippen LogP contribution in [0.15, 0.2) is 83.8 Å². The number of benzene rings is 3. The maximum atomic E-state index is 13.7. The highest BCUT2D eigenvalue weighted by atomic mass is 32.2. The van der Waals surface area contributed by atoms with Crippen molar-refractivity contribution in [3.05, 3.63) is 90.0 Å². The molecule has 2 heterocycles. The number of aryl methyl sites for hydroxylation is 1. The Balaban J connectivity index is 1.34. The predicted molar refractivity (Wildman–Crippen MR) is 143 cm³/mol. The van der Waals surface area contributed by atoms with Crippen LogP contribution in [0.4, 0.5) is 11.4 Å². The molecule has 0 aliphatic carbocycles. The summed E-state index contributed by atoms with van der Waals surface area (Å²) >= 11 is 0. The van der Waals surface area contributed by atoms with Crippen molar-refractivity contribution in [2.75, 3.05) is 36.4 Å². The van der Waals surface area contributed by atoms with Crippen molar-refractivity contribution in [3.8, 4) is 0 Å². The molecule has 1 atom stereocenters. The number of carbonyl (C=O) groups is 2. The smallest absolute Gasteiger partial charge is 0.241 e. The van der Waals surface area contributed by atoms with E-state index in [9.17, 15) is 18.0 Å². The lowest BCUT2D eigenvalue weighted by Gasteiger charge is -2.37. The molecular weight excluding hydrogens is 488 g/mol. The van der Waals surface area contributed by atoms with E-state index in [2.05, 4.69) is 14.9 Å². The van der Waals surface area contributed by atoms with Gasteiger partial charge in [0.1, 0.15) is 6.04 Å². The minimum absolute atomic E-state index is 0.0814. The number of amides is 2. The van der Waals surface area contributed by atoms with E-state index in [1.54, 1.807) is 17.0 Å². The molecule has 1 fully saturated rings. The Hall–Kier alpha value is -3.69. The number of anilines is 2. The molecule has 2 aliphatic rings. The van der Waals surface area contributed by atoms with E-state index in [1.165, 1.54) is 6.07 Å². The maximum absolute atomic E-state index is 13.7. The maximum Gasteiger partial charge on any atom is 0.241 e. The molecule has 2 N–H and O–H groups in total. The molecule has 2 aliphatic heterocycles. The quantitative estimate of drug-likeness (QED) is 0.501. The monoisotopic (exact) mass is 518 g/mol. The molecule has 0 bridgehead atoms. The first-order chi connectivity index (χ1) is 17.9. The number of nitrogens with one attached hydrogen (secondary N) is 2. The van der Waals surface area contributed by atoms with Gasteiger partial charge in [0.25, 0.3) is 0 Å². The lowest BCUT2D eigenvalue weighted by atomic mass is 10.0.